The molecule has 3 nitrogen and oxygen atoms in total. The van der Waals surface area contributed by atoms with Gasteiger partial charge in [0.05, 0.1) is 6.61 Å². The summed E-state index contributed by atoms with van der Waals surface area (Å²) in [6, 6.07) is 16.8. The van der Waals surface area contributed by atoms with E-state index in [1.54, 1.807) is 0 Å². The van der Waals surface area contributed by atoms with Gasteiger partial charge in [0, 0.05) is 30.9 Å². The highest BCUT2D eigenvalue weighted by molar-refractivity contribution is 5.28. The van der Waals surface area contributed by atoms with Crippen molar-refractivity contribution in [1.29, 1.82) is 0 Å². The van der Waals surface area contributed by atoms with Crippen LogP contribution in [0, 0.1) is 0 Å². The Morgan fingerprint density at radius 1 is 1.05 bits per heavy atom. The molecular weight excluding hydrogens is 272 g/mol. The first-order chi connectivity index (χ1) is 10.8. The number of rotatable bonds is 9. The smallest absolute Gasteiger partial charge is 0.0656 e. The van der Waals surface area contributed by atoms with Crippen LogP contribution in [-0.4, -0.2) is 29.7 Å². The summed E-state index contributed by atoms with van der Waals surface area (Å²) in [5.74, 6) is 0.350. The number of hydroxylamine groups is 2. The zero-order valence-corrected chi connectivity index (χ0v) is 13.6. The molecule has 2 rings (SSSR count). The minimum atomic E-state index is 0.350. The summed E-state index contributed by atoms with van der Waals surface area (Å²) in [5.41, 5.74) is 2.48. The second-order valence-corrected chi connectivity index (χ2v) is 5.30. The van der Waals surface area contributed by atoms with Gasteiger partial charge in [-0.1, -0.05) is 43.3 Å². The van der Waals surface area contributed by atoms with Gasteiger partial charge >= 0.3 is 0 Å². The molecule has 1 unspecified atom stereocenters. The first-order valence-corrected chi connectivity index (χ1v) is 8.18. The topological polar surface area (TPSA) is 25.4 Å². The molecule has 118 valence electrons. The van der Waals surface area contributed by atoms with Crippen molar-refractivity contribution >= 4 is 0 Å². The fourth-order valence-corrected chi connectivity index (χ4v) is 2.72. The summed E-state index contributed by atoms with van der Waals surface area (Å²) in [6.45, 7) is 6.77. The van der Waals surface area contributed by atoms with Crippen LogP contribution in [0.3, 0.4) is 0 Å². The highest BCUT2D eigenvalue weighted by Crippen LogP contribution is 2.27. The minimum Gasteiger partial charge on any atom is -0.299 e. The van der Waals surface area contributed by atoms with Crippen LogP contribution in [0.4, 0.5) is 0 Å². The van der Waals surface area contributed by atoms with Gasteiger partial charge in [-0.25, -0.2) is 0 Å². The molecule has 0 fully saturated rings. The van der Waals surface area contributed by atoms with E-state index >= 15 is 0 Å². The summed E-state index contributed by atoms with van der Waals surface area (Å²) in [7, 11) is 0. The molecule has 0 aliphatic carbocycles. The van der Waals surface area contributed by atoms with Crippen molar-refractivity contribution in [2.45, 2.75) is 32.6 Å². The van der Waals surface area contributed by atoms with Crippen LogP contribution >= 0.6 is 0 Å². The molecule has 3 heteroatoms. The Hall–Kier alpha value is -1.71. The zero-order chi connectivity index (χ0) is 15.6. The standard InChI is InChI=1S/C19H26N2O/c1-3-21(22-4-2)16-10-13-18(17-11-6-5-7-12-17)19-14-8-9-15-20-19/h5-9,11-12,14-15,18H,3-4,10,13,16H2,1-2H3. The Morgan fingerprint density at radius 2 is 1.82 bits per heavy atom. The quantitative estimate of drug-likeness (QED) is 0.647. The van der Waals surface area contributed by atoms with Crippen molar-refractivity contribution in [3.05, 3.63) is 66.0 Å². The van der Waals surface area contributed by atoms with Gasteiger partial charge in [-0.15, -0.1) is 0 Å². The molecule has 0 N–H and O–H groups in total. The molecule has 1 aromatic carbocycles. The Balaban J connectivity index is 2.03. The number of hydrogen-bond donors (Lipinski definition) is 0. The molecule has 0 aliphatic heterocycles. The molecule has 0 saturated heterocycles. The van der Waals surface area contributed by atoms with E-state index in [0.29, 0.717) is 5.92 Å². The van der Waals surface area contributed by atoms with Crippen LogP contribution in [0.5, 0.6) is 0 Å². The summed E-state index contributed by atoms with van der Waals surface area (Å²) in [5, 5.41) is 2.04. The number of pyridine rings is 1. The van der Waals surface area contributed by atoms with Crippen LogP contribution in [0.25, 0.3) is 0 Å². The average molecular weight is 298 g/mol. The van der Waals surface area contributed by atoms with Crippen molar-refractivity contribution in [1.82, 2.24) is 10.0 Å². The summed E-state index contributed by atoms with van der Waals surface area (Å²) in [4.78, 5) is 10.2. The van der Waals surface area contributed by atoms with Crippen molar-refractivity contribution < 1.29 is 4.84 Å². The van der Waals surface area contributed by atoms with Gasteiger partial charge in [-0.3, -0.25) is 9.82 Å². The Bertz CT molecular complexity index is 476. The van der Waals surface area contributed by atoms with E-state index in [1.807, 2.05) is 24.3 Å². The van der Waals surface area contributed by atoms with Crippen LogP contribution < -0.4 is 0 Å². The lowest BCUT2D eigenvalue weighted by molar-refractivity contribution is -0.151. The van der Waals surface area contributed by atoms with Crippen LogP contribution in [0.2, 0.25) is 0 Å². The number of benzene rings is 1. The van der Waals surface area contributed by atoms with Gasteiger partial charge in [0.15, 0.2) is 0 Å². The molecule has 0 spiro atoms. The lowest BCUT2D eigenvalue weighted by atomic mass is 9.91. The van der Waals surface area contributed by atoms with E-state index in [-0.39, 0.29) is 0 Å². The molecule has 1 heterocycles. The van der Waals surface area contributed by atoms with E-state index in [2.05, 4.69) is 54.4 Å². The molecular formula is C19H26N2O. The highest BCUT2D eigenvalue weighted by atomic mass is 16.7. The van der Waals surface area contributed by atoms with E-state index in [1.165, 1.54) is 5.56 Å². The van der Waals surface area contributed by atoms with Gasteiger partial charge in [0.1, 0.15) is 0 Å². The maximum Gasteiger partial charge on any atom is 0.0656 e. The largest absolute Gasteiger partial charge is 0.299 e. The van der Waals surface area contributed by atoms with Crippen molar-refractivity contribution in [3.8, 4) is 0 Å². The minimum absolute atomic E-state index is 0.350. The zero-order valence-electron chi connectivity index (χ0n) is 13.6. The van der Waals surface area contributed by atoms with Crippen molar-refractivity contribution in [2.24, 2.45) is 0 Å². The lowest BCUT2D eigenvalue weighted by Crippen LogP contribution is -2.25. The summed E-state index contributed by atoms with van der Waals surface area (Å²) < 4.78 is 0. The molecule has 0 bridgehead atoms. The van der Waals surface area contributed by atoms with Crippen molar-refractivity contribution in [3.63, 3.8) is 0 Å². The predicted octanol–water partition coefficient (Wildman–Crippen LogP) is 4.27. The molecule has 1 atom stereocenters. The second kappa shape index (κ2) is 9.34. The molecule has 2 aromatic rings. The molecule has 1 aromatic heterocycles. The lowest BCUT2D eigenvalue weighted by Gasteiger charge is -2.21. The van der Waals surface area contributed by atoms with E-state index < -0.39 is 0 Å². The number of aromatic nitrogens is 1. The molecule has 0 amide bonds. The van der Waals surface area contributed by atoms with Gasteiger partial charge < -0.3 is 0 Å². The van der Waals surface area contributed by atoms with Crippen LogP contribution in [0.15, 0.2) is 54.7 Å². The molecule has 0 radical (unpaired) electrons. The SMILES string of the molecule is CCON(CC)CCCC(c1ccccc1)c1ccccn1. The fraction of sp³-hybridized carbons (Fsp3) is 0.421. The monoisotopic (exact) mass is 298 g/mol. The maximum atomic E-state index is 5.60. The molecule has 0 aliphatic rings. The van der Waals surface area contributed by atoms with Gasteiger partial charge in [0.2, 0.25) is 0 Å². The summed E-state index contributed by atoms with van der Waals surface area (Å²) in [6.07, 6.45) is 4.04. The third-order valence-corrected chi connectivity index (χ3v) is 3.81. The third-order valence-electron chi connectivity index (χ3n) is 3.81. The fourth-order valence-electron chi connectivity index (χ4n) is 2.72. The number of hydrogen-bond acceptors (Lipinski definition) is 3. The first-order valence-electron chi connectivity index (χ1n) is 8.18. The van der Waals surface area contributed by atoms with Gasteiger partial charge in [0.25, 0.3) is 0 Å². The first kappa shape index (κ1) is 16.7. The second-order valence-electron chi connectivity index (χ2n) is 5.30. The Morgan fingerprint density at radius 3 is 2.45 bits per heavy atom. The predicted molar refractivity (Wildman–Crippen MR) is 90.6 cm³/mol. The van der Waals surface area contributed by atoms with E-state index in [9.17, 15) is 0 Å². The van der Waals surface area contributed by atoms with Crippen LogP contribution in [-0.2, 0) is 4.84 Å². The molecule has 0 saturated carbocycles. The number of nitrogens with zero attached hydrogens (tertiary/aromatic N) is 2. The third kappa shape index (κ3) is 4.93. The molecule has 22 heavy (non-hydrogen) atoms. The van der Waals surface area contributed by atoms with Crippen molar-refractivity contribution in [2.75, 3.05) is 19.7 Å². The van der Waals surface area contributed by atoms with Crippen LogP contribution in [0.1, 0.15) is 43.9 Å². The van der Waals surface area contributed by atoms with E-state index in [0.717, 1.165) is 38.2 Å². The van der Waals surface area contributed by atoms with Gasteiger partial charge in [-0.05, 0) is 37.5 Å². The average Bonchev–Trinajstić information content (AvgIpc) is 2.59. The van der Waals surface area contributed by atoms with E-state index in [4.69, 9.17) is 4.84 Å². The normalized spacial score (nSPS) is 12.5. The summed E-state index contributed by atoms with van der Waals surface area (Å²) >= 11 is 0. The Kier molecular flexibility index (Phi) is 7.07. The van der Waals surface area contributed by atoms with Gasteiger partial charge in [-0.2, -0.15) is 5.06 Å². The maximum absolute atomic E-state index is 5.60. The Labute approximate surface area is 133 Å². The highest BCUT2D eigenvalue weighted by Gasteiger charge is 2.15.